The molecule has 1 unspecified atom stereocenters. The average Bonchev–Trinajstić information content (AvgIpc) is 2.19. The van der Waals surface area contributed by atoms with E-state index < -0.39 is 0 Å². The molecule has 3 heteroatoms. The van der Waals surface area contributed by atoms with E-state index >= 15 is 0 Å². The summed E-state index contributed by atoms with van der Waals surface area (Å²) in [5.74, 6) is 0.556. The Labute approximate surface area is 106 Å². The minimum atomic E-state index is -0.185. The third-order valence-corrected chi connectivity index (χ3v) is 2.78. The van der Waals surface area contributed by atoms with Crippen molar-refractivity contribution in [1.29, 1.82) is 0 Å². The van der Waals surface area contributed by atoms with Crippen LogP contribution in [0.15, 0.2) is 12.7 Å². The molecule has 0 bridgehead atoms. The molecule has 1 amide bonds. The Kier molecular flexibility index (Phi) is 6.46. The number of carbonyl (C=O) groups is 1. The summed E-state index contributed by atoms with van der Waals surface area (Å²) in [5, 5.41) is 0. The first-order valence-corrected chi connectivity index (χ1v) is 6.36. The molecule has 0 rings (SSSR count). The smallest absolute Gasteiger partial charge is 0.227 e. The molecule has 0 aromatic heterocycles. The first-order chi connectivity index (χ1) is 7.73. The molecule has 0 radical (unpaired) electrons. The lowest BCUT2D eigenvalue weighted by atomic mass is 9.93. The van der Waals surface area contributed by atoms with Crippen molar-refractivity contribution in [2.75, 3.05) is 13.1 Å². The van der Waals surface area contributed by atoms with Gasteiger partial charge in [-0.1, -0.05) is 19.9 Å². The van der Waals surface area contributed by atoms with Crippen molar-refractivity contribution in [3.05, 3.63) is 12.7 Å². The molecule has 0 saturated heterocycles. The molecule has 0 aliphatic rings. The summed E-state index contributed by atoms with van der Waals surface area (Å²) in [4.78, 5) is 14.3. The van der Waals surface area contributed by atoms with Crippen LogP contribution in [0.5, 0.6) is 0 Å². The van der Waals surface area contributed by atoms with E-state index in [2.05, 4.69) is 20.4 Å². The number of nitrogens with zero attached hydrogens (tertiary/aromatic N) is 1. The standard InChI is InChI=1S/C14H28N2O/c1-7-8-16(14(4,5)6)13(17)12(10-15)9-11(2)3/h7,11-12H,1,8-10,15H2,2-6H3. The normalized spacial score (nSPS) is 13.6. The van der Waals surface area contributed by atoms with Crippen molar-refractivity contribution in [2.45, 2.75) is 46.6 Å². The first-order valence-electron chi connectivity index (χ1n) is 6.36. The van der Waals surface area contributed by atoms with Crippen LogP contribution in [0.2, 0.25) is 0 Å². The molecule has 0 saturated carbocycles. The third-order valence-electron chi connectivity index (χ3n) is 2.78. The van der Waals surface area contributed by atoms with Gasteiger partial charge in [0, 0.05) is 18.6 Å². The van der Waals surface area contributed by atoms with Crippen LogP contribution in [0.1, 0.15) is 41.0 Å². The molecule has 0 fully saturated rings. The van der Waals surface area contributed by atoms with E-state index in [0.717, 1.165) is 6.42 Å². The molecule has 0 heterocycles. The van der Waals surface area contributed by atoms with Gasteiger partial charge in [0.2, 0.25) is 5.91 Å². The molecular formula is C14H28N2O. The van der Waals surface area contributed by atoms with Gasteiger partial charge < -0.3 is 10.6 Å². The van der Waals surface area contributed by atoms with Gasteiger partial charge in [-0.05, 0) is 33.1 Å². The molecule has 0 aromatic rings. The number of hydrogen-bond acceptors (Lipinski definition) is 2. The predicted molar refractivity (Wildman–Crippen MR) is 73.7 cm³/mol. The summed E-state index contributed by atoms with van der Waals surface area (Å²) in [6.07, 6.45) is 2.62. The van der Waals surface area contributed by atoms with Crippen molar-refractivity contribution in [1.82, 2.24) is 4.90 Å². The molecule has 3 nitrogen and oxygen atoms in total. The van der Waals surface area contributed by atoms with Gasteiger partial charge in [0.15, 0.2) is 0 Å². The summed E-state index contributed by atoms with van der Waals surface area (Å²) in [6.45, 7) is 15.1. The van der Waals surface area contributed by atoms with E-state index in [1.807, 2.05) is 25.7 Å². The second-order valence-corrected chi connectivity index (χ2v) is 5.97. The lowest BCUT2D eigenvalue weighted by Crippen LogP contribution is -2.49. The van der Waals surface area contributed by atoms with Crippen LogP contribution in [-0.2, 0) is 4.79 Å². The van der Waals surface area contributed by atoms with E-state index in [9.17, 15) is 4.79 Å². The Morgan fingerprint density at radius 1 is 1.41 bits per heavy atom. The second-order valence-electron chi connectivity index (χ2n) is 5.97. The maximum atomic E-state index is 12.4. The summed E-state index contributed by atoms with van der Waals surface area (Å²) in [5.41, 5.74) is 5.54. The summed E-state index contributed by atoms with van der Waals surface area (Å²) >= 11 is 0. The molecule has 0 aromatic carbocycles. The number of carbonyl (C=O) groups excluding carboxylic acids is 1. The highest BCUT2D eigenvalue weighted by atomic mass is 16.2. The SMILES string of the molecule is C=CCN(C(=O)C(CN)CC(C)C)C(C)(C)C. The van der Waals surface area contributed by atoms with Crippen molar-refractivity contribution in [2.24, 2.45) is 17.6 Å². The Morgan fingerprint density at radius 3 is 2.24 bits per heavy atom. The average molecular weight is 240 g/mol. The van der Waals surface area contributed by atoms with Gasteiger partial charge in [0.05, 0.1) is 5.92 Å². The molecule has 1 atom stereocenters. The van der Waals surface area contributed by atoms with Crippen LogP contribution in [0.4, 0.5) is 0 Å². The highest BCUT2D eigenvalue weighted by Crippen LogP contribution is 2.20. The van der Waals surface area contributed by atoms with E-state index in [0.29, 0.717) is 19.0 Å². The van der Waals surface area contributed by atoms with Crippen molar-refractivity contribution in [3.8, 4) is 0 Å². The van der Waals surface area contributed by atoms with Crippen LogP contribution >= 0.6 is 0 Å². The zero-order valence-corrected chi connectivity index (χ0v) is 12.0. The number of rotatable bonds is 6. The predicted octanol–water partition coefficient (Wildman–Crippen LogP) is 2.42. The Hall–Kier alpha value is -0.830. The fourth-order valence-electron chi connectivity index (χ4n) is 1.91. The number of hydrogen-bond donors (Lipinski definition) is 1. The molecular weight excluding hydrogens is 212 g/mol. The first kappa shape index (κ1) is 16.2. The maximum absolute atomic E-state index is 12.4. The highest BCUT2D eigenvalue weighted by Gasteiger charge is 2.30. The van der Waals surface area contributed by atoms with Gasteiger partial charge >= 0.3 is 0 Å². The van der Waals surface area contributed by atoms with Crippen molar-refractivity contribution < 1.29 is 4.79 Å². The lowest BCUT2D eigenvalue weighted by Gasteiger charge is -2.37. The van der Waals surface area contributed by atoms with Gasteiger partial charge in [-0.3, -0.25) is 4.79 Å². The Bertz CT molecular complexity index is 253. The van der Waals surface area contributed by atoms with E-state index in [1.165, 1.54) is 0 Å². The van der Waals surface area contributed by atoms with Gasteiger partial charge in [0.25, 0.3) is 0 Å². The van der Waals surface area contributed by atoms with Crippen LogP contribution < -0.4 is 5.73 Å². The van der Waals surface area contributed by atoms with Crippen molar-refractivity contribution in [3.63, 3.8) is 0 Å². The number of nitrogens with two attached hydrogens (primary N) is 1. The maximum Gasteiger partial charge on any atom is 0.227 e. The fourth-order valence-corrected chi connectivity index (χ4v) is 1.91. The molecule has 0 aliphatic heterocycles. The Morgan fingerprint density at radius 2 is 1.94 bits per heavy atom. The fraction of sp³-hybridized carbons (Fsp3) is 0.786. The molecule has 0 spiro atoms. The monoisotopic (exact) mass is 240 g/mol. The van der Waals surface area contributed by atoms with Crippen LogP contribution in [0.25, 0.3) is 0 Å². The second kappa shape index (κ2) is 6.80. The minimum Gasteiger partial charge on any atom is -0.334 e. The van der Waals surface area contributed by atoms with E-state index in [4.69, 9.17) is 5.73 Å². The van der Waals surface area contributed by atoms with E-state index in [1.54, 1.807) is 6.08 Å². The zero-order valence-electron chi connectivity index (χ0n) is 12.0. The summed E-state index contributed by atoms with van der Waals surface area (Å²) in [6, 6.07) is 0. The Balaban J connectivity index is 4.85. The largest absolute Gasteiger partial charge is 0.334 e. The van der Waals surface area contributed by atoms with Gasteiger partial charge in [0.1, 0.15) is 0 Å². The van der Waals surface area contributed by atoms with Gasteiger partial charge in [-0.2, -0.15) is 0 Å². The minimum absolute atomic E-state index is 0.0748. The third kappa shape index (κ3) is 5.35. The van der Waals surface area contributed by atoms with Gasteiger partial charge in [-0.25, -0.2) is 0 Å². The zero-order chi connectivity index (χ0) is 13.6. The van der Waals surface area contributed by atoms with Crippen LogP contribution in [0, 0.1) is 11.8 Å². The molecule has 2 N–H and O–H groups in total. The lowest BCUT2D eigenvalue weighted by molar-refractivity contribution is -0.139. The number of amides is 1. The highest BCUT2D eigenvalue weighted by molar-refractivity contribution is 5.80. The van der Waals surface area contributed by atoms with Crippen molar-refractivity contribution >= 4 is 5.91 Å². The molecule has 100 valence electrons. The topological polar surface area (TPSA) is 46.3 Å². The van der Waals surface area contributed by atoms with Crippen LogP contribution in [-0.4, -0.2) is 29.4 Å². The van der Waals surface area contributed by atoms with Gasteiger partial charge in [-0.15, -0.1) is 6.58 Å². The summed E-state index contributed by atoms with van der Waals surface area (Å²) < 4.78 is 0. The molecule has 0 aliphatic carbocycles. The summed E-state index contributed by atoms with van der Waals surface area (Å²) in [7, 11) is 0. The molecule has 17 heavy (non-hydrogen) atoms. The quantitative estimate of drug-likeness (QED) is 0.725. The van der Waals surface area contributed by atoms with Crippen LogP contribution in [0.3, 0.4) is 0 Å². The van der Waals surface area contributed by atoms with E-state index in [-0.39, 0.29) is 17.4 Å².